The van der Waals surface area contributed by atoms with Crippen LogP contribution >= 0.6 is 0 Å². The molecule has 0 radical (unpaired) electrons. The Labute approximate surface area is 72.7 Å². The smallest absolute Gasteiger partial charge is 0.0814 e. The highest BCUT2D eigenvalue weighted by atomic mass is 16.5. The van der Waals surface area contributed by atoms with E-state index in [9.17, 15) is 0 Å². The lowest BCUT2D eigenvalue weighted by atomic mass is 9.91. The highest BCUT2D eigenvalue weighted by Crippen LogP contribution is 2.37. The molecule has 12 heavy (non-hydrogen) atoms. The first-order valence-electron chi connectivity index (χ1n) is 4.71. The molecule has 0 aliphatic carbocycles. The van der Waals surface area contributed by atoms with Gasteiger partial charge in [0.1, 0.15) is 0 Å². The van der Waals surface area contributed by atoms with E-state index in [2.05, 4.69) is 0 Å². The van der Waals surface area contributed by atoms with Crippen LogP contribution in [0.2, 0.25) is 0 Å². The molecule has 2 heterocycles. The van der Waals surface area contributed by atoms with E-state index in [1.165, 1.54) is 0 Å². The summed E-state index contributed by atoms with van der Waals surface area (Å²) in [6.45, 7) is 1.80. The lowest BCUT2D eigenvalue weighted by Gasteiger charge is -2.33. The fourth-order valence-electron chi connectivity index (χ4n) is 2.14. The summed E-state index contributed by atoms with van der Waals surface area (Å²) >= 11 is 0. The maximum Gasteiger partial charge on any atom is 0.0814 e. The van der Waals surface area contributed by atoms with E-state index in [4.69, 9.17) is 14.6 Å². The predicted octanol–water partition coefficient (Wildman–Crippen LogP) is 0.707. The number of aliphatic hydroxyl groups excluding tert-OH is 1. The first-order chi connectivity index (χ1) is 5.85. The van der Waals surface area contributed by atoms with Crippen LogP contribution in [-0.2, 0) is 9.47 Å². The summed E-state index contributed by atoms with van der Waals surface area (Å²) in [6.07, 6.45) is 4.20. The van der Waals surface area contributed by atoms with Crippen LogP contribution in [0.5, 0.6) is 0 Å². The fraction of sp³-hybridized carbons (Fsp3) is 1.00. The zero-order valence-corrected chi connectivity index (χ0v) is 7.29. The van der Waals surface area contributed by atoms with Crippen LogP contribution in [0.4, 0.5) is 0 Å². The van der Waals surface area contributed by atoms with Crippen molar-refractivity contribution in [1.29, 1.82) is 0 Å². The molecule has 2 fully saturated rings. The van der Waals surface area contributed by atoms with Crippen molar-refractivity contribution in [2.24, 2.45) is 0 Å². The summed E-state index contributed by atoms with van der Waals surface area (Å²) in [4.78, 5) is 0. The molecule has 70 valence electrons. The summed E-state index contributed by atoms with van der Waals surface area (Å²) in [6, 6.07) is 0. The molecule has 1 atom stereocenters. The molecular weight excluding hydrogens is 156 g/mol. The van der Waals surface area contributed by atoms with E-state index >= 15 is 0 Å². The van der Waals surface area contributed by atoms with Crippen LogP contribution in [-0.4, -0.2) is 36.6 Å². The largest absolute Gasteiger partial charge is 0.394 e. The quantitative estimate of drug-likeness (QED) is 0.633. The second kappa shape index (κ2) is 3.32. The molecule has 0 aromatic carbocycles. The van der Waals surface area contributed by atoms with Crippen molar-refractivity contribution in [1.82, 2.24) is 0 Å². The molecule has 1 N–H and O–H groups in total. The minimum Gasteiger partial charge on any atom is -0.394 e. The molecule has 3 heteroatoms. The lowest BCUT2D eigenvalue weighted by Crippen LogP contribution is -2.36. The van der Waals surface area contributed by atoms with Gasteiger partial charge >= 0.3 is 0 Å². The van der Waals surface area contributed by atoms with Crippen LogP contribution < -0.4 is 0 Å². The van der Waals surface area contributed by atoms with E-state index in [1.54, 1.807) is 0 Å². The van der Waals surface area contributed by atoms with Gasteiger partial charge in [-0.2, -0.15) is 0 Å². The van der Waals surface area contributed by atoms with Crippen LogP contribution in [0, 0.1) is 0 Å². The zero-order chi connectivity index (χ0) is 8.44. The van der Waals surface area contributed by atoms with E-state index < -0.39 is 0 Å². The van der Waals surface area contributed by atoms with Crippen molar-refractivity contribution in [2.45, 2.75) is 37.4 Å². The van der Waals surface area contributed by atoms with Crippen LogP contribution in [0.3, 0.4) is 0 Å². The molecular formula is C9H16O3. The normalized spacial score (nSPS) is 34.2. The van der Waals surface area contributed by atoms with Crippen molar-refractivity contribution < 1.29 is 14.6 Å². The summed E-state index contributed by atoms with van der Waals surface area (Å²) in [5.74, 6) is 0. The molecule has 2 aliphatic heterocycles. The van der Waals surface area contributed by atoms with Crippen molar-refractivity contribution in [3.8, 4) is 0 Å². The molecule has 0 amide bonds. The second-order valence-corrected chi connectivity index (χ2v) is 3.76. The standard InChI is InChI=1S/C9H16O3/c10-7-8-1-2-9(12-8)3-5-11-6-4-9/h8,10H,1-7H2/t8-/m0/s1. The Bertz CT molecular complexity index is 152. The molecule has 0 aromatic rings. The summed E-state index contributed by atoms with van der Waals surface area (Å²) < 4.78 is 11.1. The van der Waals surface area contributed by atoms with Gasteiger partial charge < -0.3 is 14.6 Å². The molecule has 0 unspecified atom stereocenters. The van der Waals surface area contributed by atoms with Gasteiger partial charge in [-0.3, -0.25) is 0 Å². The van der Waals surface area contributed by atoms with E-state index in [0.717, 1.165) is 38.9 Å². The van der Waals surface area contributed by atoms with Gasteiger partial charge in [-0.05, 0) is 25.7 Å². The average Bonchev–Trinajstić information content (AvgIpc) is 2.50. The molecule has 2 rings (SSSR count). The Morgan fingerprint density at radius 2 is 2.00 bits per heavy atom. The highest BCUT2D eigenvalue weighted by molar-refractivity contribution is 4.90. The van der Waals surface area contributed by atoms with Gasteiger partial charge in [0.2, 0.25) is 0 Å². The molecule has 0 aromatic heterocycles. The minimum atomic E-state index is 0.0612. The Morgan fingerprint density at radius 1 is 1.25 bits per heavy atom. The Kier molecular flexibility index (Phi) is 2.35. The van der Waals surface area contributed by atoms with Gasteiger partial charge in [0.15, 0.2) is 0 Å². The summed E-state index contributed by atoms with van der Waals surface area (Å²) in [5.41, 5.74) is 0.0612. The van der Waals surface area contributed by atoms with Gasteiger partial charge in [-0.15, -0.1) is 0 Å². The summed E-state index contributed by atoms with van der Waals surface area (Å²) in [5, 5.41) is 8.92. The SMILES string of the molecule is OC[C@@H]1CCC2(CCOCC2)O1. The Morgan fingerprint density at radius 3 is 2.58 bits per heavy atom. The number of aliphatic hydroxyl groups is 1. The maximum absolute atomic E-state index is 8.92. The number of ether oxygens (including phenoxy) is 2. The Balaban J connectivity index is 1.94. The molecule has 2 saturated heterocycles. The number of rotatable bonds is 1. The van der Waals surface area contributed by atoms with Crippen molar-refractivity contribution in [3.63, 3.8) is 0 Å². The average molecular weight is 172 g/mol. The third-order valence-corrected chi connectivity index (χ3v) is 2.95. The van der Waals surface area contributed by atoms with Gasteiger partial charge in [-0.1, -0.05) is 0 Å². The molecule has 3 nitrogen and oxygen atoms in total. The van der Waals surface area contributed by atoms with Gasteiger partial charge in [0.05, 0.1) is 18.3 Å². The highest BCUT2D eigenvalue weighted by Gasteiger charge is 2.40. The van der Waals surface area contributed by atoms with Crippen molar-refractivity contribution in [3.05, 3.63) is 0 Å². The topological polar surface area (TPSA) is 38.7 Å². The first-order valence-corrected chi connectivity index (χ1v) is 4.71. The summed E-state index contributed by atoms with van der Waals surface area (Å²) in [7, 11) is 0. The fourth-order valence-corrected chi connectivity index (χ4v) is 2.14. The third-order valence-electron chi connectivity index (χ3n) is 2.95. The molecule has 0 bridgehead atoms. The predicted molar refractivity (Wildman–Crippen MR) is 44.0 cm³/mol. The molecule has 1 spiro atoms. The second-order valence-electron chi connectivity index (χ2n) is 3.76. The molecule has 2 aliphatic rings. The van der Waals surface area contributed by atoms with E-state index in [1.807, 2.05) is 0 Å². The Hall–Kier alpha value is -0.120. The van der Waals surface area contributed by atoms with Crippen LogP contribution in [0.1, 0.15) is 25.7 Å². The van der Waals surface area contributed by atoms with Crippen molar-refractivity contribution >= 4 is 0 Å². The molecule has 0 saturated carbocycles. The van der Waals surface area contributed by atoms with Gasteiger partial charge in [-0.25, -0.2) is 0 Å². The van der Waals surface area contributed by atoms with Gasteiger partial charge in [0.25, 0.3) is 0 Å². The van der Waals surface area contributed by atoms with Crippen LogP contribution in [0.15, 0.2) is 0 Å². The number of hydrogen-bond acceptors (Lipinski definition) is 3. The third kappa shape index (κ3) is 1.49. The maximum atomic E-state index is 8.92. The van der Waals surface area contributed by atoms with Crippen LogP contribution in [0.25, 0.3) is 0 Å². The van der Waals surface area contributed by atoms with Crippen molar-refractivity contribution in [2.75, 3.05) is 19.8 Å². The van der Waals surface area contributed by atoms with Gasteiger partial charge in [0, 0.05) is 13.2 Å². The lowest BCUT2D eigenvalue weighted by molar-refractivity contribution is -0.112. The van der Waals surface area contributed by atoms with E-state index in [0.29, 0.717) is 0 Å². The van der Waals surface area contributed by atoms with E-state index in [-0.39, 0.29) is 18.3 Å². The monoisotopic (exact) mass is 172 g/mol. The first kappa shape index (κ1) is 8.48. The number of hydrogen-bond donors (Lipinski definition) is 1. The minimum absolute atomic E-state index is 0.0612. The zero-order valence-electron chi connectivity index (χ0n) is 7.29.